The van der Waals surface area contributed by atoms with Crippen molar-refractivity contribution < 1.29 is 14.3 Å². The molecule has 2 N–H and O–H groups in total. The van der Waals surface area contributed by atoms with Crippen LogP contribution in [0.25, 0.3) is 0 Å². The molecule has 4 nitrogen and oxygen atoms in total. The maximum Gasteiger partial charge on any atom is 0.141 e. The highest BCUT2D eigenvalue weighted by Gasteiger charge is 2.15. The third kappa shape index (κ3) is 2.58. The highest BCUT2D eigenvalue weighted by molar-refractivity contribution is 6.33. The molecule has 0 unspecified atom stereocenters. The summed E-state index contributed by atoms with van der Waals surface area (Å²) < 4.78 is 10.5. The molecule has 0 amide bonds. The number of halogens is 1. The lowest BCUT2D eigenvalue weighted by Gasteiger charge is -2.15. The van der Waals surface area contributed by atoms with Crippen LogP contribution in [-0.2, 0) is 11.3 Å². The summed E-state index contributed by atoms with van der Waals surface area (Å²) in [6.45, 7) is 2.28. The van der Waals surface area contributed by atoms with Gasteiger partial charge in [-0.05, 0) is 13.0 Å². The second-order valence-electron chi connectivity index (χ2n) is 3.33. The summed E-state index contributed by atoms with van der Waals surface area (Å²) in [5, 5.41) is 0.564. The molecule has 0 heterocycles. The number of ether oxygens (including phenoxy) is 2. The molecule has 0 saturated heterocycles. The largest absolute Gasteiger partial charge is 0.496 e. The topological polar surface area (TPSA) is 53.7 Å². The van der Waals surface area contributed by atoms with Crippen LogP contribution in [-0.4, -0.2) is 20.8 Å². The molecule has 16 heavy (non-hydrogen) atoms. The van der Waals surface area contributed by atoms with Crippen molar-refractivity contribution in [3.05, 3.63) is 22.2 Å². The van der Waals surface area contributed by atoms with Crippen LogP contribution in [0.5, 0.6) is 11.5 Å². The van der Waals surface area contributed by atoms with Crippen molar-refractivity contribution in [1.82, 2.24) is 0 Å². The Balaban J connectivity index is 3.18. The lowest BCUT2D eigenvalue weighted by atomic mass is 10.1. The molecule has 1 aromatic rings. The summed E-state index contributed by atoms with van der Waals surface area (Å²) in [6, 6.07) is 1.89. The fourth-order valence-corrected chi connectivity index (χ4v) is 1.83. The van der Waals surface area contributed by atoms with Gasteiger partial charge in [0.15, 0.2) is 0 Å². The molecule has 0 aromatic heterocycles. The second kappa shape index (κ2) is 5.94. The van der Waals surface area contributed by atoms with Crippen LogP contribution < -0.4 is 15.4 Å². The van der Waals surface area contributed by atoms with Gasteiger partial charge in [-0.1, -0.05) is 11.6 Å². The van der Waals surface area contributed by atoms with Crippen LogP contribution in [0, 0.1) is 6.92 Å². The predicted octanol–water partition coefficient (Wildman–Crippen LogP) is 2.10. The van der Waals surface area contributed by atoms with Crippen molar-refractivity contribution in [2.45, 2.75) is 13.3 Å². The van der Waals surface area contributed by atoms with Crippen molar-refractivity contribution in [3.8, 4) is 11.5 Å². The molecule has 0 atom stereocenters. The van der Waals surface area contributed by atoms with Crippen molar-refractivity contribution >= 4 is 11.6 Å². The zero-order valence-electron chi connectivity index (χ0n) is 9.67. The van der Waals surface area contributed by atoms with E-state index in [0.717, 1.165) is 16.9 Å². The summed E-state index contributed by atoms with van der Waals surface area (Å²) >= 11 is 6.18. The highest BCUT2D eigenvalue weighted by atomic mass is 35.5. The maximum absolute atomic E-state index is 6.18. The summed E-state index contributed by atoms with van der Waals surface area (Å²) in [5.41, 5.74) is 1.78. The van der Waals surface area contributed by atoms with Crippen LogP contribution in [0.3, 0.4) is 0 Å². The monoisotopic (exact) mass is 245 g/mol. The lowest BCUT2D eigenvalue weighted by Crippen LogP contribution is -2.06. The Hall–Kier alpha value is -0.970. The van der Waals surface area contributed by atoms with E-state index in [4.69, 9.17) is 27.0 Å². The Morgan fingerprint density at radius 3 is 2.50 bits per heavy atom. The molecular weight excluding hydrogens is 230 g/mol. The minimum Gasteiger partial charge on any atom is -0.496 e. The van der Waals surface area contributed by atoms with Crippen LogP contribution in [0.15, 0.2) is 6.07 Å². The molecule has 1 rings (SSSR count). The summed E-state index contributed by atoms with van der Waals surface area (Å²) in [4.78, 5) is 4.55. The fourth-order valence-electron chi connectivity index (χ4n) is 1.54. The van der Waals surface area contributed by atoms with Gasteiger partial charge in [0.05, 0.1) is 25.8 Å². The van der Waals surface area contributed by atoms with Crippen LogP contribution >= 0.6 is 11.6 Å². The van der Waals surface area contributed by atoms with Gasteiger partial charge in [-0.25, -0.2) is 5.90 Å². The molecule has 0 bridgehead atoms. The van der Waals surface area contributed by atoms with Gasteiger partial charge >= 0.3 is 0 Å². The summed E-state index contributed by atoms with van der Waals surface area (Å²) in [7, 11) is 3.19. The summed E-state index contributed by atoms with van der Waals surface area (Å²) in [5.74, 6) is 6.39. The Kier molecular flexibility index (Phi) is 4.86. The number of rotatable bonds is 5. The van der Waals surface area contributed by atoms with Crippen molar-refractivity contribution in [2.24, 2.45) is 5.90 Å². The summed E-state index contributed by atoms with van der Waals surface area (Å²) in [6.07, 6.45) is 0.621. The van der Waals surface area contributed by atoms with Gasteiger partial charge < -0.3 is 14.3 Å². The van der Waals surface area contributed by atoms with Gasteiger partial charge in [0.1, 0.15) is 11.5 Å². The maximum atomic E-state index is 6.18. The van der Waals surface area contributed by atoms with Gasteiger partial charge in [-0.3, -0.25) is 0 Å². The molecule has 0 aliphatic rings. The molecule has 0 saturated carbocycles. The zero-order chi connectivity index (χ0) is 12.1. The quantitative estimate of drug-likeness (QED) is 0.808. The molecule has 1 aromatic carbocycles. The van der Waals surface area contributed by atoms with Gasteiger partial charge in [-0.15, -0.1) is 0 Å². The van der Waals surface area contributed by atoms with E-state index >= 15 is 0 Å². The smallest absolute Gasteiger partial charge is 0.141 e. The standard InChI is InChI=1S/C11H16ClNO3/c1-7-9(14-2)6-8(4-5-16-13)11(15-3)10(7)12/h6H,4-5,13H2,1-3H3. The number of methoxy groups -OCH3 is 2. The first-order valence-electron chi connectivity index (χ1n) is 4.87. The first-order valence-corrected chi connectivity index (χ1v) is 5.25. The Morgan fingerprint density at radius 1 is 1.31 bits per heavy atom. The minimum atomic E-state index is 0.402. The highest BCUT2D eigenvalue weighted by Crippen LogP contribution is 2.37. The van der Waals surface area contributed by atoms with E-state index < -0.39 is 0 Å². The average molecular weight is 246 g/mol. The molecule has 0 aliphatic heterocycles. The van der Waals surface area contributed by atoms with E-state index in [1.54, 1.807) is 14.2 Å². The normalized spacial score (nSPS) is 10.3. The van der Waals surface area contributed by atoms with E-state index in [-0.39, 0.29) is 0 Å². The molecule has 0 fully saturated rings. The predicted molar refractivity (Wildman–Crippen MR) is 63.1 cm³/mol. The van der Waals surface area contributed by atoms with Gasteiger partial charge in [0.25, 0.3) is 0 Å². The molecule has 5 heteroatoms. The Labute approximate surface area is 100 Å². The van der Waals surface area contributed by atoms with E-state index in [2.05, 4.69) is 4.84 Å². The van der Waals surface area contributed by atoms with Crippen LogP contribution in [0.4, 0.5) is 0 Å². The fraction of sp³-hybridized carbons (Fsp3) is 0.455. The number of nitrogens with two attached hydrogens (primary N) is 1. The number of hydrogen-bond donors (Lipinski definition) is 1. The Bertz CT molecular complexity index is 369. The van der Waals surface area contributed by atoms with E-state index in [1.807, 2.05) is 13.0 Å². The number of hydrogen-bond acceptors (Lipinski definition) is 4. The third-order valence-electron chi connectivity index (χ3n) is 2.41. The van der Waals surface area contributed by atoms with E-state index in [9.17, 15) is 0 Å². The first kappa shape index (κ1) is 13.1. The van der Waals surface area contributed by atoms with Gasteiger partial charge in [0, 0.05) is 17.5 Å². The SMILES string of the molecule is COc1cc(CCON)c(OC)c(Cl)c1C. The zero-order valence-corrected chi connectivity index (χ0v) is 10.4. The average Bonchev–Trinajstić information content (AvgIpc) is 2.30. The molecule has 90 valence electrons. The molecule has 0 radical (unpaired) electrons. The molecule has 0 spiro atoms. The van der Waals surface area contributed by atoms with Crippen LogP contribution in [0.2, 0.25) is 5.02 Å². The van der Waals surface area contributed by atoms with E-state index in [1.165, 1.54) is 0 Å². The first-order chi connectivity index (χ1) is 7.65. The van der Waals surface area contributed by atoms with Crippen molar-refractivity contribution in [3.63, 3.8) is 0 Å². The van der Waals surface area contributed by atoms with E-state index in [0.29, 0.717) is 23.8 Å². The van der Waals surface area contributed by atoms with Crippen molar-refractivity contribution in [1.29, 1.82) is 0 Å². The van der Waals surface area contributed by atoms with Crippen molar-refractivity contribution in [2.75, 3.05) is 20.8 Å². The Morgan fingerprint density at radius 2 is 2.00 bits per heavy atom. The number of benzene rings is 1. The second-order valence-corrected chi connectivity index (χ2v) is 3.71. The minimum absolute atomic E-state index is 0.402. The molecule has 0 aliphatic carbocycles. The lowest BCUT2D eigenvalue weighted by molar-refractivity contribution is 0.140. The third-order valence-corrected chi connectivity index (χ3v) is 2.86. The van der Waals surface area contributed by atoms with Gasteiger partial charge in [0.2, 0.25) is 0 Å². The van der Waals surface area contributed by atoms with Crippen LogP contribution in [0.1, 0.15) is 11.1 Å². The molecular formula is C11H16ClNO3. The van der Waals surface area contributed by atoms with Gasteiger partial charge in [-0.2, -0.15) is 0 Å².